The summed E-state index contributed by atoms with van der Waals surface area (Å²) in [6.07, 6.45) is 2.97. The average molecular weight is 490 g/mol. The molecule has 0 aliphatic carbocycles. The van der Waals surface area contributed by atoms with Crippen LogP contribution in [0.1, 0.15) is 84.0 Å². The second kappa shape index (κ2) is 10.7. The predicted octanol–water partition coefficient (Wildman–Crippen LogP) is 5.97. The molecular formula is C29H35N3O4. The minimum Gasteiger partial charge on any atom is -0.458 e. The first-order chi connectivity index (χ1) is 17.1. The minimum atomic E-state index is -0.970. The van der Waals surface area contributed by atoms with E-state index in [0.29, 0.717) is 34.3 Å². The van der Waals surface area contributed by atoms with E-state index >= 15 is 0 Å². The molecule has 2 atom stereocenters. The summed E-state index contributed by atoms with van der Waals surface area (Å²) in [4.78, 5) is 17.7. The molecule has 7 nitrogen and oxygen atoms in total. The number of aliphatic hydroxyl groups is 1. The Morgan fingerprint density at radius 2 is 1.86 bits per heavy atom. The van der Waals surface area contributed by atoms with Crippen molar-refractivity contribution in [2.75, 3.05) is 0 Å². The van der Waals surface area contributed by atoms with E-state index in [1.54, 1.807) is 19.9 Å². The van der Waals surface area contributed by atoms with Gasteiger partial charge in [-0.15, -0.1) is 0 Å². The number of pyridine rings is 1. The number of nitrogens with one attached hydrogen (secondary N) is 1. The molecular weight excluding hydrogens is 454 g/mol. The van der Waals surface area contributed by atoms with Crippen molar-refractivity contribution in [1.29, 1.82) is 0 Å². The van der Waals surface area contributed by atoms with Gasteiger partial charge >= 0.3 is 0 Å². The van der Waals surface area contributed by atoms with Gasteiger partial charge < -0.3 is 19.4 Å². The van der Waals surface area contributed by atoms with Crippen LogP contribution in [0.5, 0.6) is 0 Å². The largest absolute Gasteiger partial charge is 0.458 e. The molecule has 0 fully saturated rings. The van der Waals surface area contributed by atoms with Gasteiger partial charge in [-0.05, 0) is 81.3 Å². The molecule has 0 aliphatic rings. The van der Waals surface area contributed by atoms with Crippen LogP contribution in [0.3, 0.4) is 0 Å². The number of hydrogen-bond acceptors (Lipinski definition) is 6. The topological polar surface area (TPSA) is 101 Å². The second-order valence-electron chi connectivity index (χ2n) is 10.1. The fourth-order valence-electron chi connectivity index (χ4n) is 4.68. The van der Waals surface area contributed by atoms with E-state index in [4.69, 9.17) is 8.94 Å². The maximum atomic E-state index is 13.1. The molecule has 7 heteroatoms. The van der Waals surface area contributed by atoms with Gasteiger partial charge in [0.2, 0.25) is 5.91 Å². The van der Waals surface area contributed by atoms with Crippen molar-refractivity contribution < 1.29 is 18.8 Å². The SMILES string of the molecule is Cc1cnc(C(CCC(C)C)NC(=O)Cc2ccc3oc(C(O)c4c(C)noc4C)cc3c2)c(C)c1. The van der Waals surface area contributed by atoms with Crippen LogP contribution in [0, 0.1) is 33.6 Å². The van der Waals surface area contributed by atoms with Crippen molar-refractivity contribution >= 4 is 16.9 Å². The molecule has 36 heavy (non-hydrogen) atoms. The first-order valence-electron chi connectivity index (χ1n) is 12.5. The van der Waals surface area contributed by atoms with Crippen LogP contribution >= 0.6 is 0 Å². The molecule has 2 N–H and O–H groups in total. The molecule has 0 radical (unpaired) electrons. The van der Waals surface area contributed by atoms with Gasteiger partial charge in [-0.1, -0.05) is 31.1 Å². The molecule has 4 aromatic rings. The Balaban J connectivity index is 1.51. The summed E-state index contributed by atoms with van der Waals surface area (Å²) in [5.41, 5.74) is 5.89. The first-order valence-corrected chi connectivity index (χ1v) is 12.5. The highest BCUT2D eigenvalue weighted by Crippen LogP contribution is 2.32. The molecule has 190 valence electrons. The van der Waals surface area contributed by atoms with Crippen LogP contribution in [-0.4, -0.2) is 21.2 Å². The van der Waals surface area contributed by atoms with E-state index in [2.05, 4.69) is 35.4 Å². The number of amides is 1. The molecule has 4 rings (SSSR count). The van der Waals surface area contributed by atoms with Gasteiger partial charge in [0.1, 0.15) is 23.2 Å². The van der Waals surface area contributed by atoms with E-state index in [-0.39, 0.29) is 18.4 Å². The van der Waals surface area contributed by atoms with E-state index in [9.17, 15) is 9.90 Å². The van der Waals surface area contributed by atoms with Crippen LogP contribution in [0.25, 0.3) is 11.0 Å². The molecule has 2 unspecified atom stereocenters. The van der Waals surface area contributed by atoms with Gasteiger partial charge in [0.05, 0.1) is 29.4 Å². The molecule has 0 spiro atoms. The number of aromatic nitrogens is 2. The quantitative estimate of drug-likeness (QED) is 0.300. The summed E-state index contributed by atoms with van der Waals surface area (Å²) < 4.78 is 11.1. The number of hydrogen-bond donors (Lipinski definition) is 2. The minimum absolute atomic E-state index is 0.0515. The lowest BCUT2D eigenvalue weighted by Gasteiger charge is -2.21. The molecule has 0 saturated heterocycles. The Morgan fingerprint density at radius 1 is 1.08 bits per heavy atom. The number of benzene rings is 1. The Hall–Kier alpha value is -3.45. The average Bonchev–Trinajstić information content (AvgIpc) is 3.38. The third kappa shape index (κ3) is 5.68. The molecule has 3 heterocycles. The molecule has 0 saturated carbocycles. The van der Waals surface area contributed by atoms with Gasteiger partial charge in [-0.3, -0.25) is 9.78 Å². The van der Waals surface area contributed by atoms with Crippen LogP contribution in [-0.2, 0) is 11.2 Å². The number of fused-ring (bicyclic) bond motifs is 1. The molecule has 1 aromatic carbocycles. The highest BCUT2D eigenvalue weighted by atomic mass is 16.5. The number of carbonyl (C=O) groups is 1. The highest BCUT2D eigenvalue weighted by Gasteiger charge is 2.24. The maximum absolute atomic E-state index is 13.1. The van der Waals surface area contributed by atoms with Gasteiger partial charge in [0, 0.05) is 11.6 Å². The summed E-state index contributed by atoms with van der Waals surface area (Å²) in [6.45, 7) is 12.0. The Labute approximate surface area is 211 Å². The molecule has 3 aromatic heterocycles. The lowest BCUT2D eigenvalue weighted by molar-refractivity contribution is -0.121. The molecule has 0 aliphatic heterocycles. The van der Waals surface area contributed by atoms with E-state index in [0.717, 1.165) is 40.6 Å². The van der Waals surface area contributed by atoms with Crippen molar-refractivity contribution in [3.8, 4) is 0 Å². The lowest BCUT2D eigenvalue weighted by atomic mass is 9.97. The third-order valence-corrected chi connectivity index (χ3v) is 6.55. The van der Waals surface area contributed by atoms with Crippen molar-refractivity contribution in [2.45, 2.75) is 73.0 Å². The van der Waals surface area contributed by atoms with Crippen molar-refractivity contribution in [3.05, 3.63) is 81.7 Å². The lowest BCUT2D eigenvalue weighted by Crippen LogP contribution is -2.31. The summed E-state index contributed by atoms with van der Waals surface area (Å²) in [7, 11) is 0. The molecule has 1 amide bonds. The van der Waals surface area contributed by atoms with E-state index in [1.807, 2.05) is 38.2 Å². The summed E-state index contributed by atoms with van der Waals surface area (Å²) >= 11 is 0. The van der Waals surface area contributed by atoms with Crippen LogP contribution < -0.4 is 5.32 Å². The number of aliphatic hydroxyl groups excluding tert-OH is 1. The third-order valence-electron chi connectivity index (χ3n) is 6.55. The zero-order valence-electron chi connectivity index (χ0n) is 21.9. The van der Waals surface area contributed by atoms with Gasteiger partial charge in [0.25, 0.3) is 0 Å². The van der Waals surface area contributed by atoms with Gasteiger partial charge in [0.15, 0.2) is 0 Å². The van der Waals surface area contributed by atoms with Gasteiger partial charge in [-0.25, -0.2) is 0 Å². The number of aryl methyl sites for hydroxylation is 4. The summed E-state index contributed by atoms with van der Waals surface area (Å²) in [5, 5.41) is 18.8. The molecule has 0 bridgehead atoms. The van der Waals surface area contributed by atoms with E-state index in [1.165, 1.54) is 0 Å². The Bertz CT molecular complexity index is 1350. The smallest absolute Gasteiger partial charge is 0.224 e. The number of rotatable bonds is 9. The first kappa shape index (κ1) is 25.6. The second-order valence-corrected chi connectivity index (χ2v) is 10.1. The highest BCUT2D eigenvalue weighted by molar-refractivity contribution is 5.83. The Morgan fingerprint density at radius 3 is 2.53 bits per heavy atom. The van der Waals surface area contributed by atoms with Crippen LogP contribution in [0.2, 0.25) is 0 Å². The Kier molecular flexibility index (Phi) is 7.59. The fraction of sp³-hybridized carbons (Fsp3) is 0.414. The normalized spacial score (nSPS) is 13.3. The zero-order chi connectivity index (χ0) is 26.0. The van der Waals surface area contributed by atoms with Crippen LogP contribution in [0.15, 0.2) is 45.5 Å². The zero-order valence-corrected chi connectivity index (χ0v) is 21.9. The number of furan rings is 1. The summed E-state index contributed by atoms with van der Waals surface area (Å²) in [6, 6.07) is 9.44. The monoisotopic (exact) mass is 489 g/mol. The number of nitrogens with zero attached hydrogens (tertiary/aromatic N) is 2. The summed E-state index contributed by atoms with van der Waals surface area (Å²) in [5.74, 6) is 1.46. The maximum Gasteiger partial charge on any atom is 0.224 e. The van der Waals surface area contributed by atoms with Crippen molar-refractivity contribution in [1.82, 2.24) is 15.5 Å². The fourth-order valence-corrected chi connectivity index (χ4v) is 4.68. The van der Waals surface area contributed by atoms with Gasteiger partial charge in [-0.2, -0.15) is 0 Å². The predicted molar refractivity (Wildman–Crippen MR) is 139 cm³/mol. The van der Waals surface area contributed by atoms with Crippen molar-refractivity contribution in [2.24, 2.45) is 5.92 Å². The van der Waals surface area contributed by atoms with E-state index < -0.39 is 6.10 Å². The number of carbonyl (C=O) groups excluding carboxylic acids is 1. The van der Waals surface area contributed by atoms with Crippen molar-refractivity contribution in [3.63, 3.8) is 0 Å². The standard InChI is InChI=1S/C29H35N3O4/c1-16(2)7-9-23(28-18(4)11-17(3)15-30-28)31-26(33)13-21-8-10-24-22(12-21)14-25(35-24)29(34)27-19(5)32-36-20(27)6/h8,10-12,14-16,23,29,34H,7,9,13H2,1-6H3,(H,31,33). The van der Waals surface area contributed by atoms with Crippen LogP contribution in [0.4, 0.5) is 0 Å².